The fourth-order valence-electron chi connectivity index (χ4n) is 8.72. The number of aliphatic hydroxyl groups is 1. The van der Waals surface area contributed by atoms with Gasteiger partial charge in [0.1, 0.15) is 24.6 Å². The van der Waals surface area contributed by atoms with Gasteiger partial charge in [-0.1, -0.05) is 13.8 Å². The van der Waals surface area contributed by atoms with Gasteiger partial charge in [0.2, 0.25) is 0 Å². The van der Waals surface area contributed by atoms with E-state index in [9.17, 15) is 20.0 Å². The summed E-state index contributed by atoms with van der Waals surface area (Å²) in [6.45, 7) is 6.27. The summed E-state index contributed by atoms with van der Waals surface area (Å²) in [5.74, 6) is 0.452. The lowest BCUT2D eigenvalue weighted by Crippen LogP contribution is -2.64. The monoisotopic (exact) mass is 461 g/mol. The number of aromatic nitrogens is 2. The number of fused-ring (bicyclic) bond motifs is 5. The highest BCUT2D eigenvalue weighted by Crippen LogP contribution is 2.71. The third-order valence-electron chi connectivity index (χ3n) is 10.6. The van der Waals surface area contributed by atoms with E-state index < -0.39 is 21.6 Å². The molecule has 8 atom stereocenters. The average molecular weight is 462 g/mol. The van der Waals surface area contributed by atoms with Gasteiger partial charge in [-0.05, 0) is 87.9 Å². The summed E-state index contributed by atoms with van der Waals surface area (Å²) in [5.41, 5.74) is -2.68. The first kappa shape index (κ1) is 22.9. The first-order chi connectivity index (χ1) is 15.4. The highest BCUT2D eigenvalue weighted by molar-refractivity contribution is 5.82. The number of nitrogens with zero attached hydrogens (tertiary/aromatic N) is 3. The molecule has 0 unspecified atom stereocenters. The normalized spacial score (nSPS) is 46.8. The molecule has 0 radical (unpaired) electrons. The van der Waals surface area contributed by atoms with Crippen LogP contribution in [0.1, 0.15) is 78.6 Å². The zero-order valence-corrected chi connectivity index (χ0v) is 19.9. The van der Waals surface area contributed by atoms with Gasteiger partial charge in [-0.15, -0.1) is 0 Å². The van der Waals surface area contributed by atoms with Crippen LogP contribution >= 0.6 is 0 Å². The predicted molar refractivity (Wildman–Crippen MR) is 120 cm³/mol. The third kappa shape index (κ3) is 3.30. The van der Waals surface area contributed by atoms with Crippen molar-refractivity contribution in [3.8, 4) is 0 Å². The first-order valence-corrected chi connectivity index (χ1v) is 12.5. The highest BCUT2D eigenvalue weighted by Gasteiger charge is 2.68. The molecule has 1 N–H and O–H groups in total. The van der Waals surface area contributed by atoms with Crippen molar-refractivity contribution in [2.45, 2.75) is 96.4 Å². The Morgan fingerprint density at radius 2 is 1.91 bits per heavy atom. The van der Waals surface area contributed by atoms with Crippen molar-refractivity contribution in [2.24, 2.45) is 34.5 Å². The van der Waals surface area contributed by atoms with E-state index in [1.165, 1.54) is 17.1 Å². The van der Waals surface area contributed by atoms with E-state index in [4.69, 9.17) is 0 Å². The fourth-order valence-corrected chi connectivity index (χ4v) is 8.72. The van der Waals surface area contributed by atoms with Crippen LogP contribution in [0, 0.1) is 44.6 Å². The van der Waals surface area contributed by atoms with Gasteiger partial charge in [0, 0.05) is 11.3 Å². The van der Waals surface area contributed by atoms with Crippen molar-refractivity contribution in [1.82, 2.24) is 9.78 Å². The Morgan fingerprint density at radius 3 is 2.61 bits per heavy atom. The van der Waals surface area contributed by atoms with E-state index >= 15 is 4.39 Å². The van der Waals surface area contributed by atoms with Crippen molar-refractivity contribution in [3.05, 3.63) is 22.5 Å². The molecule has 4 fully saturated rings. The molecule has 1 aromatic heterocycles. The minimum atomic E-state index is -1.24. The lowest BCUT2D eigenvalue weighted by Gasteiger charge is -2.64. The average Bonchev–Trinajstić information content (AvgIpc) is 3.34. The Bertz CT molecular complexity index is 979. The molecule has 1 aromatic rings. The quantitative estimate of drug-likeness (QED) is 0.510. The summed E-state index contributed by atoms with van der Waals surface area (Å²) in [5, 5.41) is 25.5. The molecule has 0 aliphatic heterocycles. The topological polar surface area (TPSA) is 98.3 Å². The van der Waals surface area contributed by atoms with Gasteiger partial charge < -0.3 is 5.11 Å². The first-order valence-electron chi connectivity index (χ1n) is 12.5. The van der Waals surface area contributed by atoms with Gasteiger partial charge in [0.25, 0.3) is 0 Å². The van der Waals surface area contributed by atoms with Crippen molar-refractivity contribution < 1.29 is 19.2 Å². The molecule has 0 bridgehead atoms. The van der Waals surface area contributed by atoms with Crippen LogP contribution in [-0.2, 0) is 11.3 Å². The Morgan fingerprint density at radius 1 is 1.18 bits per heavy atom. The van der Waals surface area contributed by atoms with E-state index in [0.717, 1.165) is 38.5 Å². The van der Waals surface area contributed by atoms with Crippen molar-refractivity contribution in [3.63, 3.8) is 0 Å². The standard InChI is InChI=1S/C25H36FN3O4/c1-22(31)8-11-25(26)16(12-22)4-5-19-18-6-7-20(23(18,2)9-10-24(19,25)3)21(30)15-28-14-17(13-27-28)29(32)33/h13-14,16,18-20,31H,4-12,15H2,1-3H3/t16-,18+,19+,20-,22-,23+,24+,25-/m1/s1. The van der Waals surface area contributed by atoms with Gasteiger partial charge in [-0.2, -0.15) is 5.10 Å². The predicted octanol–water partition coefficient (Wildman–Crippen LogP) is 4.86. The summed E-state index contributed by atoms with van der Waals surface area (Å²) in [6.07, 6.45) is 9.11. The molecule has 4 saturated carbocycles. The van der Waals surface area contributed by atoms with E-state index in [1.807, 2.05) is 6.92 Å². The van der Waals surface area contributed by atoms with Crippen LogP contribution in [0.15, 0.2) is 12.4 Å². The summed E-state index contributed by atoms with van der Waals surface area (Å²) in [7, 11) is 0. The van der Waals surface area contributed by atoms with E-state index in [0.29, 0.717) is 25.2 Å². The lowest BCUT2D eigenvalue weighted by molar-refractivity contribution is -0.385. The number of hydrogen-bond donors (Lipinski definition) is 1. The number of ketones is 1. The molecule has 0 aromatic carbocycles. The second kappa shape index (κ2) is 7.33. The maximum Gasteiger partial charge on any atom is 0.307 e. The van der Waals surface area contributed by atoms with E-state index in [2.05, 4.69) is 18.9 Å². The third-order valence-corrected chi connectivity index (χ3v) is 10.6. The van der Waals surface area contributed by atoms with Crippen LogP contribution in [0.2, 0.25) is 0 Å². The van der Waals surface area contributed by atoms with Crippen molar-refractivity contribution >= 4 is 11.5 Å². The molecule has 33 heavy (non-hydrogen) atoms. The van der Waals surface area contributed by atoms with Gasteiger partial charge in [-0.3, -0.25) is 19.6 Å². The van der Waals surface area contributed by atoms with E-state index in [1.54, 1.807) is 0 Å². The van der Waals surface area contributed by atoms with Crippen LogP contribution < -0.4 is 0 Å². The zero-order valence-electron chi connectivity index (χ0n) is 19.9. The summed E-state index contributed by atoms with van der Waals surface area (Å²) in [4.78, 5) is 23.8. The Hall–Kier alpha value is -1.83. The smallest absolute Gasteiger partial charge is 0.307 e. The number of carbonyl (C=O) groups is 1. The molecule has 0 spiro atoms. The van der Waals surface area contributed by atoms with E-state index in [-0.39, 0.29) is 41.2 Å². The number of nitro groups is 1. The molecular formula is C25H36FN3O4. The van der Waals surface area contributed by atoms with Crippen LogP contribution in [-0.4, -0.2) is 36.9 Å². The number of alkyl halides is 1. The SMILES string of the molecule is C[C@@]1(O)CC[C@@]2(F)[C@H](CC[C@H]3[C@@H]4CC[C@H](C(=O)Cn5cc([N+](=O)[O-])cn5)[C@@]4(C)CC[C@@]32C)C1. The maximum absolute atomic E-state index is 16.8. The van der Waals surface area contributed by atoms with Crippen LogP contribution in [0.5, 0.6) is 0 Å². The minimum Gasteiger partial charge on any atom is -0.390 e. The largest absolute Gasteiger partial charge is 0.390 e. The number of halogens is 1. The Kier molecular flexibility index (Phi) is 5.10. The molecule has 182 valence electrons. The molecule has 8 heteroatoms. The number of carbonyl (C=O) groups excluding carboxylic acids is 1. The second-order valence-electron chi connectivity index (χ2n) is 12.2. The fraction of sp³-hybridized carbons (Fsp3) is 0.840. The molecular weight excluding hydrogens is 425 g/mol. The van der Waals surface area contributed by atoms with Gasteiger partial charge in [0.05, 0.1) is 10.5 Å². The molecule has 7 nitrogen and oxygen atoms in total. The summed E-state index contributed by atoms with van der Waals surface area (Å²) >= 11 is 0. The minimum absolute atomic E-state index is 0.0486. The van der Waals surface area contributed by atoms with Gasteiger partial charge in [0.15, 0.2) is 5.78 Å². The van der Waals surface area contributed by atoms with Gasteiger partial charge >= 0.3 is 5.69 Å². The number of hydrogen-bond acceptors (Lipinski definition) is 5. The molecule has 0 saturated heterocycles. The van der Waals surface area contributed by atoms with Gasteiger partial charge in [-0.25, -0.2) is 4.39 Å². The summed E-state index contributed by atoms with van der Waals surface area (Å²) < 4.78 is 18.2. The second-order valence-corrected chi connectivity index (χ2v) is 12.2. The molecule has 4 aliphatic rings. The Balaban J connectivity index is 1.36. The molecule has 5 rings (SSSR count). The van der Waals surface area contributed by atoms with Crippen molar-refractivity contribution in [1.29, 1.82) is 0 Å². The van der Waals surface area contributed by atoms with Crippen LogP contribution in [0.4, 0.5) is 10.1 Å². The zero-order chi connectivity index (χ0) is 23.8. The Labute approximate surface area is 194 Å². The number of rotatable bonds is 4. The number of Topliss-reactive ketones (excluding diaryl/α,β-unsaturated/α-hetero) is 1. The van der Waals surface area contributed by atoms with Crippen LogP contribution in [0.3, 0.4) is 0 Å². The highest BCUT2D eigenvalue weighted by atomic mass is 19.1. The lowest BCUT2D eigenvalue weighted by atomic mass is 9.42. The van der Waals surface area contributed by atoms with Crippen molar-refractivity contribution in [2.75, 3.05) is 0 Å². The molecule has 4 aliphatic carbocycles. The summed E-state index contributed by atoms with van der Waals surface area (Å²) in [6, 6.07) is 0. The van der Waals surface area contributed by atoms with Crippen LogP contribution in [0.25, 0.3) is 0 Å². The molecule has 0 amide bonds. The molecule has 1 heterocycles. The maximum atomic E-state index is 16.8.